The average Bonchev–Trinajstić information content (AvgIpc) is 3.04. The van der Waals surface area contributed by atoms with Crippen molar-refractivity contribution in [1.82, 2.24) is 4.90 Å². The van der Waals surface area contributed by atoms with Crippen molar-refractivity contribution in [3.05, 3.63) is 60.4 Å². The third-order valence-electron chi connectivity index (χ3n) is 4.28. The van der Waals surface area contributed by atoms with Crippen molar-refractivity contribution in [2.45, 2.75) is 6.54 Å². The molecule has 1 saturated heterocycles. The lowest BCUT2D eigenvalue weighted by atomic mass is 9.98. The summed E-state index contributed by atoms with van der Waals surface area (Å²) in [5.74, 6) is 0. The minimum absolute atomic E-state index is 0.836. The number of hydrogen-bond donors (Lipinski definition) is 0. The summed E-state index contributed by atoms with van der Waals surface area (Å²) in [5, 5.41) is 1.15. The molecule has 1 fully saturated rings. The van der Waals surface area contributed by atoms with Crippen LogP contribution in [0.1, 0.15) is 5.56 Å². The molecule has 0 N–H and O–H groups in total. The van der Waals surface area contributed by atoms with Crippen LogP contribution in [-0.2, 0) is 11.3 Å². The van der Waals surface area contributed by atoms with Crippen molar-refractivity contribution >= 4 is 11.0 Å². The van der Waals surface area contributed by atoms with Gasteiger partial charge in [0.15, 0.2) is 0 Å². The molecule has 1 aliphatic rings. The molecular weight excluding hydrogens is 274 g/mol. The summed E-state index contributed by atoms with van der Waals surface area (Å²) < 4.78 is 10.9. The molecule has 1 aromatic heterocycles. The number of nitrogens with zero attached hydrogens (tertiary/aromatic N) is 1. The maximum absolute atomic E-state index is 5.44. The summed E-state index contributed by atoms with van der Waals surface area (Å²) in [5.41, 5.74) is 4.86. The smallest absolute Gasteiger partial charge is 0.133 e. The molecular formula is C19H19NO2. The zero-order valence-electron chi connectivity index (χ0n) is 12.5. The lowest BCUT2D eigenvalue weighted by molar-refractivity contribution is 0.0342. The number of fused-ring (bicyclic) bond motifs is 1. The monoisotopic (exact) mass is 293 g/mol. The van der Waals surface area contributed by atoms with Crippen LogP contribution >= 0.6 is 0 Å². The first-order chi connectivity index (χ1) is 10.9. The summed E-state index contributed by atoms with van der Waals surface area (Å²) in [6, 6.07) is 17.1. The highest BCUT2D eigenvalue weighted by Gasteiger charge is 2.13. The second-order valence-electron chi connectivity index (χ2n) is 5.72. The Balaban J connectivity index is 1.68. The fourth-order valence-electron chi connectivity index (χ4n) is 3.07. The minimum atomic E-state index is 0.836. The molecule has 0 unspecified atom stereocenters. The SMILES string of the molecule is c1ccc(-c2ccc3occc3c2)c(CN2CCOCC2)c1. The lowest BCUT2D eigenvalue weighted by Crippen LogP contribution is -2.35. The van der Waals surface area contributed by atoms with Gasteiger partial charge in [0.1, 0.15) is 5.58 Å². The van der Waals surface area contributed by atoms with Crippen LogP contribution in [-0.4, -0.2) is 31.2 Å². The Kier molecular flexibility index (Phi) is 3.67. The Hall–Kier alpha value is -2.10. The average molecular weight is 293 g/mol. The standard InChI is InChI=1S/C19H19NO2/c1-2-4-18(15-5-6-19-16(13-15)7-10-22-19)17(3-1)14-20-8-11-21-12-9-20/h1-7,10,13H,8-9,11-12,14H2. The highest BCUT2D eigenvalue weighted by Crippen LogP contribution is 2.28. The quantitative estimate of drug-likeness (QED) is 0.731. The van der Waals surface area contributed by atoms with Crippen LogP contribution < -0.4 is 0 Å². The summed E-state index contributed by atoms with van der Waals surface area (Å²) in [7, 11) is 0. The zero-order valence-corrected chi connectivity index (χ0v) is 12.5. The Bertz CT molecular complexity index is 772. The highest BCUT2D eigenvalue weighted by atomic mass is 16.5. The van der Waals surface area contributed by atoms with E-state index in [2.05, 4.69) is 47.4 Å². The number of rotatable bonds is 3. The van der Waals surface area contributed by atoms with Gasteiger partial charge in [-0.05, 0) is 34.9 Å². The Morgan fingerprint density at radius 2 is 1.82 bits per heavy atom. The highest BCUT2D eigenvalue weighted by molar-refractivity contribution is 5.84. The normalized spacial score (nSPS) is 16.2. The molecule has 3 nitrogen and oxygen atoms in total. The summed E-state index contributed by atoms with van der Waals surface area (Å²) in [4.78, 5) is 2.46. The van der Waals surface area contributed by atoms with Crippen LogP contribution in [0, 0.1) is 0 Å². The second kappa shape index (κ2) is 5.95. The molecule has 3 aromatic rings. The Morgan fingerprint density at radius 1 is 0.955 bits per heavy atom. The molecule has 3 heteroatoms. The lowest BCUT2D eigenvalue weighted by Gasteiger charge is -2.27. The predicted octanol–water partition coefficient (Wildman–Crippen LogP) is 3.93. The van der Waals surface area contributed by atoms with Gasteiger partial charge in [-0.1, -0.05) is 30.3 Å². The maximum Gasteiger partial charge on any atom is 0.133 e. The fourth-order valence-corrected chi connectivity index (χ4v) is 3.07. The van der Waals surface area contributed by atoms with E-state index in [0.29, 0.717) is 0 Å². The Morgan fingerprint density at radius 3 is 2.73 bits per heavy atom. The number of morpholine rings is 1. The van der Waals surface area contributed by atoms with Crippen LogP contribution in [0.5, 0.6) is 0 Å². The van der Waals surface area contributed by atoms with Gasteiger partial charge in [0.2, 0.25) is 0 Å². The topological polar surface area (TPSA) is 25.6 Å². The minimum Gasteiger partial charge on any atom is -0.464 e. The van der Waals surface area contributed by atoms with Crippen LogP contribution in [0.2, 0.25) is 0 Å². The van der Waals surface area contributed by atoms with E-state index in [9.17, 15) is 0 Å². The van der Waals surface area contributed by atoms with Gasteiger partial charge >= 0.3 is 0 Å². The predicted molar refractivity (Wildman–Crippen MR) is 87.7 cm³/mol. The van der Waals surface area contributed by atoms with Crippen molar-refractivity contribution in [1.29, 1.82) is 0 Å². The molecule has 0 saturated carbocycles. The first-order valence-electron chi connectivity index (χ1n) is 7.76. The van der Waals surface area contributed by atoms with Gasteiger partial charge in [-0.2, -0.15) is 0 Å². The van der Waals surface area contributed by atoms with Gasteiger partial charge in [0.25, 0.3) is 0 Å². The zero-order chi connectivity index (χ0) is 14.8. The fraction of sp³-hybridized carbons (Fsp3) is 0.263. The van der Waals surface area contributed by atoms with Gasteiger partial charge in [0.05, 0.1) is 19.5 Å². The van der Waals surface area contributed by atoms with Crippen LogP contribution in [0.4, 0.5) is 0 Å². The summed E-state index contributed by atoms with van der Waals surface area (Å²) in [6.45, 7) is 4.67. The third kappa shape index (κ3) is 2.65. The third-order valence-corrected chi connectivity index (χ3v) is 4.28. The first-order valence-corrected chi connectivity index (χ1v) is 7.76. The number of hydrogen-bond acceptors (Lipinski definition) is 3. The van der Waals surface area contributed by atoms with Crippen molar-refractivity contribution < 1.29 is 9.15 Å². The van der Waals surface area contributed by atoms with Crippen LogP contribution in [0.25, 0.3) is 22.1 Å². The molecule has 0 radical (unpaired) electrons. The van der Waals surface area contributed by atoms with E-state index < -0.39 is 0 Å². The van der Waals surface area contributed by atoms with Crippen molar-refractivity contribution in [3.8, 4) is 11.1 Å². The summed E-state index contributed by atoms with van der Waals surface area (Å²) >= 11 is 0. The first kappa shape index (κ1) is 13.6. The van der Waals surface area contributed by atoms with Gasteiger partial charge in [-0.3, -0.25) is 4.90 Å². The van der Waals surface area contributed by atoms with Gasteiger partial charge in [-0.15, -0.1) is 0 Å². The van der Waals surface area contributed by atoms with E-state index in [1.54, 1.807) is 6.26 Å². The van der Waals surface area contributed by atoms with Gasteiger partial charge in [-0.25, -0.2) is 0 Å². The molecule has 112 valence electrons. The van der Waals surface area contributed by atoms with E-state index in [1.807, 2.05) is 6.07 Å². The molecule has 0 atom stereocenters. The van der Waals surface area contributed by atoms with E-state index >= 15 is 0 Å². The Labute approximate surface area is 130 Å². The molecule has 0 aliphatic carbocycles. The van der Waals surface area contributed by atoms with Gasteiger partial charge < -0.3 is 9.15 Å². The molecule has 0 amide bonds. The molecule has 22 heavy (non-hydrogen) atoms. The second-order valence-corrected chi connectivity index (χ2v) is 5.72. The van der Waals surface area contributed by atoms with E-state index in [0.717, 1.165) is 43.8 Å². The number of benzene rings is 2. The van der Waals surface area contributed by atoms with Gasteiger partial charge in [0, 0.05) is 25.0 Å². The largest absolute Gasteiger partial charge is 0.464 e. The van der Waals surface area contributed by atoms with Crippen molar-refractivity contribution in [2.75, 3.05) is 26.3 Å². The van der Waals surface area contributed by atoms with E-state index in [1.165, 1.54) is 16.7 Å². The molecule has 4 rings (SSSR count). The molecule has 1 aliphatic heterocycles. The van der Waals surface area contributed by atoms with Crippen molar-refractivity contribution in [2.24, 2.45) is 0 Å². The van der Waals surface area contributed by atoms with Crippen molar-refractivity contribution in [3.63, 3.8) is 0 Å². The molecule has 2 aromatic carbocycles. The molecule has 0 bridgehead atoms. The number of furan rings is 1. The van der Waals surface area contributed by atoms with Crippen LogP contribution in [0.3, 0.4) is 0 Å². The maximum atomic E-state index is 5.44. The summed E-state index contributed by atoms with van der Waals surface area (Å²) in [6.07, 6.45) is 1.74. The van der Waals surface area contributed by atoms with E-state index in [-0.39, 0.29) is 0 Å². The van der Waals surface area contributed by atoms with Crippen LogP contribution in [0.15, 0.2) is 59.2 Å². The molecule has 2 heterocycles. The number of ether oxygens (including phenoxy) is 1. The van der Waals surface area contributed by atoms with E-state index in [4.69, 9.17) is 9.15 Å². The molecule has 0 spiro atoms.